The minimum atomic E-state index is -1.02. The Balaban J connectivity index is 2.10. The molecular formula is C23H26N2O5. The van der Waals surface area contributed by atoms with E-state index in [1.807, 2.05) is 18.2 Å². The van der Waals surface area contributed by atoms with Gasteiger partial charge in [0.25, 0.3) is 11.8 Å². The number of benzene rings is 2. The molecule has 3 N–H and O–H groups in total. The Morgan fingerprint density at radius 2 is 1.73 bits per heavy atom. The number of carboxylic acid groups (broad SMARTS) is 1. The summed E-state index contributed by atoms with van der Waals surface area (Å²) in [6, 6.07) is 15.7. The van der Waals surface area contributed by atoms with E-state index in [1.54, 1.807) is 36.4 Å². The third-order valence-electron chi connectivity index (χ3n) is 4.11. The summed E-state index contributed by atoms with van der Waals surface area (Å²) in [5, 5.41) is 13.9. The summed E-state index contributed by atoms with van der Waals surface area (Å²) in [5.41, 5.74) is 1.12. The maximum absolute atomic E-state index is 12.6. The summed E-state index contributed by atoms with van der Waals surface area (Å²) in [7, 11) is 0. The highest BCUT2D eigenvalue weighted by Crippen LogP contribution is 2.13. The molecule has 0 aromatic heterocycles. The van der Waals surface area contributed by atoms with Gasteiger partial charge in [0.15, 0.2) is 0 Å². The van der Waals surface area contributed by atoms with E-state index in [0.29, 0.717) is 17.9 Å². The van der Waals surface area contributed by atoms with Crippen molar-refractivity contribution >= 4 is 23.9 Å². The molecule has 158 valence electrons. The number of carbonyl (C=O) groups excluding carboxylic acids is 2. The Hall–Kier alpha value is -3.61. The lowest BCUT2D eigenvalue weighted by molar-refractivity contribution is -0.136. The molecule has 30 heavy (non-hydrogen) atoms. The number of carbonyl (C=O) groups is 3. The normalized spacial score (nSPS) is 10.9. The van der Waals surface area contributed by atoms with Gasteiger partial charge in [0.05, 0.1) is 13.0 Å². The SMILES string of the molecule is CCCCOc1ccc(C(=O)NC(=Cc2ccccc2)C(=O)NCCC(=O)O)cc1. The molecule has 0 radical (unpaired) electrons. The molecule has 7 nitrogen and oxygen atoms in total. The number of aliphatic carboxylic acids is 1. The average Bonchev–Trinajstić information content (AvgIpc) is 2.74. The molecule has 0 heterocycles. The van der Waals surface area contributed by atoms with Gasteiger partial charge in [0.2, 0.25) is 0 Å². The second-order valence-corrected chi connectivity index (χ2v) is 6.55. The lowest BCUT2D eigenvalue weighted by Crippen LogP contribution is -2.35. The highest BCUT2D eigenvalue weighted by Gasteiger charge is 2.15. The van der Waals surface area contributed by atoms with E-state index in [0.717, 1.165) is 18.4 Å². The van der Waals surface area contributed by atoms with Crippen LogP contribution in [0, 0.1) is 0 Å². The van der Waals surface area contributed by atoms with E-state index in [2.05, 4.69) is 17.6 Å². The number of rotatable bonds is 11. The van der Waals surface area contributed by atoms with E-state index in [9.17, 15) is 14.4 Å². The summed E-state index contributed by atoms with van der Waals surface area (Å²) in [6.45, 7) is 2.65. The average molecular weight is 410 g/mol. The predicted octanol–water partition coefficient (Wildman–Crippen LogP) is 3.23. The van der Waals surface area contributed by atoms with Gasteiger partial charge in [-0.05, 0) is 42.3 Å². The highest BCUT2D eigenvalue weighted by atomic mass is 16.5. The quantitative estimate of drug-likeness (QED) is 0.390. The lowest BCUT2D eigenvalue weighted by Gasteiger charge is -2.11. The number of ether oxygens (including phenoxy) is 1. The molecule has 2 aromatic carbocycles. The zero-order valence-corrected chi connectivity index (χ0v) is 16.9. The van der Waals surface area contributed by atoms with Crippen LogP contribution in [0.4, 0.5) is 0 Å². The van der Waals surface area contributed by atoms with Gasteiger partial charge >= 0.3 is 5.97 Å². The van der Waals surface area contributed by atoms with Crippen LogP contribution in [0.3, 0.4) is 0 Å². The molecule has 0 aliphatic heterocycles. The molecule has 0 fully saturated rings. The maximum Gasteiger partial charge on any atom is 0.305 e. The van der Waals surface area contributed by atoms with Crippen LogP contribution in [0.1, 0.15) is 42.1 Å². The lowest BCUT2D eigenvalue weighted by atomic mass is 10.1. The highest BCUT2D eigenvalue weighted by molar-refractivity contribution is 6.05. The van der Waals surface area contributed by atoms with Gasteiger partial charge in [-0.3, -0.25) is 14.4 Å². The van der Waals surface area contributed by atoms with Crippen LogP contribution in [0.5, 0.6) is 5.75 Å². The zero-order valence-electron chi connectivity index (χ0n) is 16.9. The molecule has 7 heteroatoms. The standard InChI is InChI=1S/C23H26N2O5/c1-2-3-15-30-19-11-9-18(10-12-19)22(28)25-20(16-17-7-5-4-6-8-17)23(29)24-14-13-21(26)27/h4-12,16H,2-3,13-15H2,1H3,(H,24,29)(H,25,28)(H,26,27). The Morgan fingerprint density at radius 3 is 2.37 bits per heavy atom. The van der Waals surface area contributed by atoms with Gasteiger partial charge in [0.1, 0.15) is 11.4 Å². The van der Waals surface area contributed by atoms with Crippen LogP contribution in [0.25, 0.3) is 6.08 Å². The molecule has 0 atom stereocenters. The first-order valence-electron chi connectivity index (χ1n) is 9.80. The van der Waals surface area contributed by atoms with Gasteiger partial charge in [-0.1, -0.05) is 43.7 Å². The number of hydrogen-bond acceptors (Lipinski definition) is 4. The van der Waals surface area contributed by atoms with E-state index in [-0.39, 0.29) is 18.7 Å². The van der Waals surface area contributed by atoms with E-state index >= 15 is 0 Å². The first-order valence-corrected chi connectivity index (χ1v) is 9.80. The largest absolute Gasteiger partial charge is 0.494 e. The molecule has 2 rings (SSSR count). The second-order valence-electron chi connectivity index (χ2n) is 6.55. The van der Waals surface area contributed by atoms with E-state index in [4.69, 9.17) is 9.84 Å². The summed E-state index contributed by atoms with van der Waals surface area (Å²) in [4.78, 5) is 35.8. The second kappa shape index (κ2) is 12.1. The third-order valence-corrected chi connectivity index (χ3v) is 4.11. The molecule has 2 aromatic rings. The first kappa shape index (κ1) is 22.7. The molecule has 0 saturated carbocycles. The smallest absolute Gasteiger partial charge is 0.305 e. The van der Waals surface area contributed by atoms with Crippen molar-refractivity contribution < 1.29 is 24.2 Å². The van der Waals surface area contributed by atoms with Crippen molar-refractivity contribution in [1.82, 2.24) is 10.6 Å². The fourth-order valence-corrected chi connectivity index (χ4v) is 2.48. The number of hydrogen-bond donors (Lipinski definition) is 3. The van der Waals surface area contributed by atoms with Crippen LogP contribution in [0.15, 0.2) is 60.3 Å². The van der Waals surface area contributed by atoms with Crippen molar-refractivity contribution in [2.75, 3.05) is 13.2 Å². The van der Waals surface area contributed by atoms with Crippen LogP contribution < -0.4 is 15.4 Å². The molecular weight excluding hydrogens is 384 g/mol. The minimum absolute atomic E-state index is 0.0276. The minimum Gasteiger partial charge on any atom is -0.494 e. The summed E-state index contributed by atoms with van der Waals surface area (Å²) in [5.74, 6) is -1.36. The Labute approximate surface area is 175 Å². The summed E-state index contributed by atoms with van der Waals surface area (Å²) >= 11 is 0. The van der Waals surface area contributed by atoms with Crippen molar-refractivity contribution in [3.05, 3.63) is 71.4 Å². The fraction of sp³-hybridized carbons (Fsp3) is 0.261. The molecule has 0 bridgehead atoms. The van der Waals surface area contributed by atoms with Gasteiger partial charge in [-0.25, -0.2) is 0 Å². The molecule has 0 aliphatic carbocycles. The summed E-state index contributed by atoms with van der Waals surface area (Å²) < 4.78 is 5.59. The fourth-order valence-electron chi connectivity index (χ4n) is 2.48. The number of amides is 2. The number of unbranched alkanes of at least 4 members (excludes halogenated alkanes) is 1. The van der Waals surface area contributed by atoms with Crippen LogP contribution in [-0.4, -0.2) is 36.0 Å². The van der Waals surface area contributed by atoms with Crippen molar-refractivity contribution in [3.63, 3.8) is 0 Å². The van der Waals surface area contributed by atoms with Crippen molar-refractivity contribution in [2.45, 2.75) is 26.2 Å². The van der Waals surface area contributed by atoms with Gasteiger partial charge in [-0.15, -0.1) is 0 Å². The number of nitrogens with one attached hydrogen (secondary N) is 2. The Morgan fingerprint density at radius 1 is 1.03 bits per heavy atom. The maximum atomic E-state index is 12.6. The van der Waals surface area contributed by atoms with Gasteiger partial charge in [-0.2, -0.15) is 0 Å². The number of carboxylic acids is 1. The summed E-state index contributed by atoms with van der Waals surface area (Å²) in [6.07, 6.45) is 3.31. The van der Waals surface area contributed by atoms with Crippen LogP contribution >= 0.6 is 0 Å². The van der Waals surface area contributed by atoms with E-state index < -0.39 is 17.8 Å². The molecule has 2 amide bonds. The first-order chi connectivity index (χ1) is 14.5. The monoisotopic (exact) mass is 410 g/mol. The zero-order chi connectivity index (χ0) is 21.8. The van der Waals surface area contributed by atoms with E-state index in [1.165, 1.54) is 6.08 Å². The topological polar surface area (TPSA) is 105 Å². The molecule has 0 saturated heterocycles. The molecule has 0 unspecified atom stereocenters. The Kier molecular flexibility index (Phi) is 9.12. The van der Waals surface area contributed by atoms with Gasteiger partial charge in [0, 0.05) is 12.1 Å². The van der Waals surface area contributed by atoms with Crippen LogP contribution in [-0.2, 0) is 9.59 Å². The molecule has 0 aliphatic rings. The Bertz CT molecular complexity index is 876. The van der Waals surface area contributed by atoms with Crippen molar-refractivity contribution in [3.8, 4) is 5.75 Å². The molecule has 0 spiro atoms. The van der Waals surface area contributed by atoms with Gasteiger partial charge < -0.3 is 20.5 Å². The van der Waals surface area contributed by atoms with Crippen molar-refractivity contribution in [1.29, 1.82) is 0 Å². The predicted molar refractivity (Wildman–Crippen MR) is 114 cm³/mol. The van der Waals surface area contributed by atoms with Crippen molar-refractivity contribution in [2.24, 2.45) is 0 Å². The third kappa shape index (κ3) is 7.79. The van der Waals surface area contributed by atoms with Crippen LogP contribution in [0.2, 0.25) is 0 Å².